The summed E-state index contributed by atoms with van der Waals surface area (Å²) in [4.78, 5) is 37.7. The molecule has 0 radical (unpaired) electrons. The van der Waals surface area contributed by atoms with Crippen LogP contribution >= 0.6 is 0 Å². The van der Waals surface area contributed by atoms with Gasteiger partial charge in [0.1, 0.15) is 13.2 Å². The van der Waals surface area contributed by atoms with Crippen LogP contribution in [-0.2, 0) is 33.3 Å². The molecule has 0 saturated carbocycles. The van der Waals surface area contributed by atoms with Crippen molar-refractivity contribution in [2.45, 2.75) is 399 Å². The van der Waals surface area contributed by atoms with Gasteiger partial charge in [0.25, 0.3) is 6.29 Å². The lowest BCUT2D eigenvalue weighted by Crippen LogP contribution is -2.40. The fraction of sp³-hybridized carbons (Fsp3) is 0.821. The minimum atomic E-state index is -1.51. The van der Waals surface area contributed by atoms with Crippen LogP contribution in [0.5, 0.6) is 0 Å². The van der Waals surface area contributed by atoms with Gasteiger partial charge in [-0.25, -0.2) is 4.79 Å². The van der Waals surface area contributed by atoms with E-state index < -0.39 is 18.4 Å². The largest absolute Gasteiger partial charge is 0.477 e. The Morgan fingerprint density at radius 2 is 0.613 bits per heavy atom. The fourth-order valence-electron chi connectivity index (χ4n) is 11.9. The molecule has 0 bridgehead atoms. The van der Waals surface area contributed by atoms with Crippen molar-refractivity contribution >= 4 is 17.9 Å². The molecule has 0 aliphatic rings. The molecule has 9 nitrogen and oxygen atoms in total. The molecule has 542 valence electrons. The summed E-state index contributed by atoms with van der Waals surface area (Å²) < 4.78 is 23.1. The molecule has 0 aliphatic carbocycles. The number of carbonyl (C=O) groups is 3. The summed E-state index contributed by atoms with van der Waals surface area (Å²) in [6, 6.07) is 0. The molecule has 0 spiro atoms. The number of hydrogen-bond acceptors (Lipinski definition) is 7. The number of quaternary nitrogens is 1. The third-order valence-corrected chi connectivity index (χ3v) is 17.9. The van der Waals surface area contributed by atoms with Crippen LogP contribution in [0.3, 0.4) is 0 Å². The molecule has 0 aromatic heterocycles. The number of ether oxygens (including phenoxy) is 4. The zero-order valence-corrected chi connectivity index (χ0v) is 62.2. The molecule has 9 heteroatoms. The summed E-state index contributed by atoms with van der Waals surface area (Å²) in [5, 5.41) is 9.77. The number of carbonyl (C=O) groups excluding carboxylic acids is 2. The summed E-state index contributed by atoms with van der Waals surface area (Å²) in [7, 11) is 5.99. The molecule has 0 aliphatic heterocycles. The third-order valence-electron chi connectivity index (χ3n) is 17.9. The van der Waals surface area contributed by atoms with Gasteiger partial charge in [-0.15, -0.1) is 0 Å². The van der Waals surface area contributed by atoms with E-state index >= 15 is 0 Å². The normalized spacial score (nSPS) is 13.0. The number of allylic oxidation sites excluding steroid dienone is 12. The molecule has 0 rings (SSSR count). The summed E-state index contributed by atoms with van der Waals surface area (Å²) in [5.74, 6) is -1.98. The Morgan fingerprint density at radius 3 is 0.925 bits per heavy atom. The minimum absolute atomic E-state index is 0.179. The van der Waals surface area contributed by atoms with Gasteiger partial charge in [0.15, 0.2) is 6.10 Å². The van der Waals surface area contributed by atoms with Gasteiger partial charge in [0, 0.05) is 12.8 Å². The van der Waals surface area contributed by atoms with Gasteiger partial charge in [-0.2, -0.15) is 0 Å². The lowest BCUT2D eigenvalue weighted by atomic mass is 10.0. The van der Waals surface area contributed by atoms with Crippen molar-refractivity contribution in [1.29, 1.82) is 0 Å². The average molecular weight is 1310 g/mol. The number of aliphatic carboxylic acids is 1. The second kappa shape index (κ2) is 74.5. The van der Waals surface area contributed by atoms with Crippen LogP contribution in [0.2, 0.25) is 0 Å². The van der Waals surface area contributed by atoms with E-state index in [1.165, 1.54) is 289 Å². The van der Waals surface area contributed by atoms with Crippen LogP contribution in [0.1, 0.15) is 386 Å². The van der Waals surface area contributed by atoms with Crippen molar-refractivity contribution < 1.29 is 42.9 Å². The van der Waals surface area contributed by atoms with Crippen LogP contribution in [-0.4, -0.2) is 87.4 Å². The van der Waals surface area contributed by atoms with Gasteiger partial charge in [-0.1, -0.05) is 363 Å². The number of carboxylic acid groups (broad SMARTS) is 1. The Balaban J connectivity index is 3.98. The van der Waals surface area contributed by atoms with Crippen molar-refractivity contribution in [3.63, 3.8) is 0 Å². The maximum Gasteiger partial charge on any atom is 0.361 e. The number of nitrogens with zero attached hydrogens (tertiary/aromatic N) is 1. The highest BCUT2D eigenvalue weighted by atomic mass is 16.7. The highest BCUT2D eigenvalue weighted by Crippen LogP contribution is 2.19. The van der Waals surface area contributed by atoms with E-state index in [0.717, 1.165) is 70.6 Å². The molecule has 2 unspecified atom stereocenters. The maximum absolute atomic E-state index is 13.0. The average Bonchev–Trinajstić information content (AvgIpc) is 3.38. The van der Waals surface area contributed by atoms with Crippen molar-refractivity contribution in [3.05, 3.63) is 72.9 Å². The third kappa shape index (κ3) is 76.0. The SMILES string of the molecule is CC/C=C\C/C=C\C/C=C\C/C=C\C/C=C\CCCCCCCCCCCCCCCCCC(=O)OC(COC(=O)CCCCCCCCCCCCCCCCCCCCCCCCCCC/C=C\CCCCCCCCCC)COC(OCC[N+](C)(C)C)C(=O)O. The molecular formula is C84H154NO8+. The Kier molecular flexibility index (Phi) is 71.9. The zero-order valence-electron chi connectivity index (χ0n) is 62.2. The molecule has 93 heavy (non-hydrogen) atoms. The maximum atomic E-state index is 13.0. The Hall–Kier alpha value is -3.27. The first-order valence-electron chi connectivity index (χ1n) is 40.1. The van der Waals surface area contributed by atoms with E-state index in [1.807, 2.05) is 21.1 Å². The first-order chi connectivity index (χ1) is 45.6. The first kappa shape index (κ1) is 89.7. The lowest BCUT2D eigenvalue weighted by Gasteiger charge is -2.25. The predicted molar refractivity (Wildman–Crippen MR) is 401 cm³/mol. The summed E-state index contributed by atoms with van der Waals surface area (Å²) in [6.45, 7) is 4.82. The highest BCUT2D eigenvalue weighted by Gasteiger charge is 2.25. The molecule has 2 atom stereocenters. The van der Waals surface area contributed by atoms with Gasteiger partial charge in [0.2, 0.25) is 0 Å². The first-order valence-corrected chi connectivity index (χ1v) is 40.1. The fourth-order valence-corrected chi connectivity index (χ4v) is 11.9. The van der Waals surface area contributed by atoms with E-state index in [9.17, 15) is 19.5 Å². The standard InChI is InChI=1S/C84H153NO8/c1-6-8-10-12-14-16-18-20-22-24-26-28-30-32-34-36-38-39-40-41-42-43-45-46-48-50-52-54-56-58-60-62-64-66-68-70-72-74-81(86)91-78-80(79-92-84(83(88)89)90-77-76-85(3,4)5)93-82(87)75-73-71-69-67-65-63-61-59-57-55-53-51-49-47-44-37-35-33-31-29-27-25-23-21-19-17-15-13-11-9-7-2/h9,11,15,17,21,23-24,26-27,29,33,35,80,84H,6-8,10,12-14,16,18-20,22,25,28,30-32,34,36-79H2,1-5H3/p+1/b11-9-,17-15-,23-21-,26-24-,29-27-,35-33-. The second-order valence-corrected chi connectivity index (χ2v) is 28.3. The zero-order chi connectivity index (χ0) is 67.5. The van der Waals surface area contributed by atoms with Gasteiger partial charge in [-0.3, -0.25) is 9.59 Å². The molecule has 1 N–H and O–H groups in total. The van der Waals surface area contributed by atoms with Gasteiger partial charge in [-0.05, 0) is 83.5 Å². The monoisotopic (exact) mass is 1310 g/mol. The van der Waals surface area contributed by atoms with Crippen LogP contribution in [0.25, 0.3) is 0 Å². The number of carboxylic acids is 1. The van der Waals surface area contributed by atoms with E-state index in [2.05, 4.69) is 86.8 Å². The second-order valence-electron chi connectivity index (χ2n) is 28.3. The Bertz CT molecular complexity index is 1760. The minimum Gasteiger partial charge on any atom is -0.477 e. The molecule has 0 amide bonds. The van der Waals surface area contributed by atoms with Crippen molar-refractivity contribution in [1.82, 2.24) is 0 Å². The summed E-state index contributed by atoms with van der Waals surface area (Å²) in [5.41, 5.74) is 0. The number of unbranched alkanes of at least 4 members (excludes halogenated alkanes) is 48. The van der Waals surface area contributed by atoms with Crippen LogP contribution in [0.15, 0.2) is 72.9 Å². The van der Waals surface area contributed by atoms with E-state index in [1.54, 1.807) is 0 Å². The number of hydrogen-bond donors (Lipinski definition) is 1. The predicted octanol–water partition coefficient (Wildman–Crippen LogP) is 25.6. The van der Waals surface area contributed by atoms with E-state index in [4.69, 9.17) is 18.9 Å². The summed E-state index contributed by atoms with van der Waals surface area (Å²) in [6.07, 6.45) is 97.8. The smallest absolute Gasteiger partial charge is 0.361 e. The molecule has 0 saturated heterocycles. The highest BCUT2D eigenvalue weighted by molar-refractivity contribution is 5.71. The molecule has 0 heterocycles. The van der Waals surface area contributed by atoms with Crippen molar-refractivity contribution in [2.75, 3.05) is 47.5 Å². The number of rotatable bonds is 75. The van der Waals surface area contributed by atoms with Crippen LogP contribution in [0.4, 0.5) is 0 Å². The Labute approximate surface area is 577 Å². The van der Waals surface area contributed by atoms with Gasteiger partial charge >= 0.3 is 17.9 Å². The van der Waals surface area contributed by atoms with Crippen LogP contribution in [0, 0.1) is 0 Å². The number of esters is 2. The molecule has 0 fully saturated rings. The molecular weight excluding hydrogens is 1150 g/mol. The van der Waals surface area contributed by atoms with E-state index in [0.29, 0.717) is 17.4 Å². The van der Waals surface area contributed by atoms with Crippen molar-refractivity contribution in [3.8, 4) is 0 Å². The van der Waals surface area contributed by atoms with Crippen LogP contribution < -0.4 is 0 Å². The lowest BCUT2D eigenvalue weighted by molar-refractivity contribution is -0.870. The number of likely N-dealkylation sites (N-methyl/N-ethyl adjacent to an activating group) is 1. The van der Waals surface area contributed by atoms with Gasteiger partial charge < -0.3 is 28.5 Å². The topological polar surface area (TPSA) is 108 Å². The summed E-state index contributed by atoms with van der Waals surface area (Å²) >= 11 is 0. The van der Waals surface area contributed by atoms with Gasteiger partial charge in [0.05, 0.1) is 34.4 Å². The molecule has 0 aromatic rings. The Morgan fingerprint density at radius 1 is 0.333 bits per heavy atom. The molecule has 0 aromatic carbocycles. The van der Waals surface area contributed by atoms with E-state index in [-0.39, 0.29) is 38.2 Å². The quantitative estimate of drug-likeness (QED) is 0.0211. The van der Waals surface area contributed by atoms with Crippen molar-refractivity contribution in [2.24, 2.45) is 0 Å².